The van der Waals surface area contributed by atoms with Gasteiger partial charge in [-0.2, -0.15) is 0 Å². The average molecular weight is 174 g/mol. The largest absolute Gasteiger partial charge is 0.306 e. The van der Waals surface area contributed by atoms with Gasteiger partial charge >= 0.3 is 0 Å². The van der Waals surface area contributed by atoms with Gasteiger partial charge in [0.05, 0.1) is 9.52 Å². The van der Waals surface area contributed by atoms with Crippen LogP contribution < -0.4 is 10.6 Å². The Bertz CT molecular complexity index is 72.5. The molecule has 0 saturated heterocycles. The Balaban J connectivity index is 3.34. The molecule has 11 heavy (non-hydrogen) atoms. The zero-order chi connectivity index (χ0) is 8.53. The lowest BCUT2D eigenvalue weighted by Gasteiger charge is -2.17. The summed E-state index contributed by atoms with van der Waals surface area (Å²) in [6.07, 6.45) is 1.35. The molecule has 2 N–H and O–H groups in total. The van der Waals surface area contributed by atoms with Gasteiger partial charge in [-0.05, 0) is 13.1 Å². The first-order chi connectivity index (χ1) is 5.35. The minimum atomic E-state index is 0.0811. The van der Waals surface area contributed by atoms with Crippen molar-refractivity contribution in [3.8, 4) is 0 Å². The summed E-state index contributed by atoms with van der Waals surface area (Å²) >= 11 is 0. The summed E-state index contributed by atoms with van der Waals surface area (Å²) in [4.78, 5) is 0. The van der Waals surface area contributed by atoms with Crippen molar-refractivity contribution < 1.29 is 0 Å². The molecule has 0 aromatic rings. The molecule has 0 heterocycles. The molecule has 0 aromatic heterocycles. The summed E-state index contributed by atoms with van der Waals surface area (Å²) in [5.41, 5.74) is 0. The van der Waals surface area contributed by atoms with Crippen LogP contribution in [0.3, 0.4) is 0 Å². The van der Waals surface area contributed by atoms with Gasteiger partial charge in [-0.15, -0.1) is 0 Å². The fourth-order valence-corrected chi connectivity index (χ4v) is 2.98. The monoisotopic (exact) mass is 174 g/mol. The highest BCUT2D eigenvalue weighted by Crippen LogP contribution is 1.88. The van der Waals surface area contributed by atoms with Crippen LogP contribution in [-0.2, 0) is 0 Å². The van der Waals surface area contributed by atoms with E-state index >= 15 is 0 Å². The molecule has 0 aromatic carbocycles. The fraction of sp³-hybridized carbons (Fsp3) is 1.00. The SMILES string of the molecule is CCC[SiH2]C(NCC)NCC. The molecule has 0 aliphatic carbocycles. The van der Waals surface area contributed by atoms with E-state index in [1.165, 1.54) is 12.5 Å². The molecule has 0 radical (unpaired) electrons. The van der Waals surface area contributed by atoms with Crippen LogP contribution in [0, 0.1) is 0 Å². The van der Waals surface area contributed by atoms with Gasteiger partial charge in [0.25, 0.3) is 0 Å². The minimum absolute atomic E-state index is 0.0811. The molecule has 0 aliphatic rings. The highest BCUT2D eigenvalue weighted by Gasteiger charge is 2.02. The quantitative estimate of drug-likeness (QED) is 0.433. The lowest BCUT2D eigenvalue weighted by atomic mass is 10.6. The third kappa shape index (κ3) is 6.53. The van der Waals surface area contributed by atoms with Crippen molar-refractivity contribution in [2.45, 2.75) is 39.0 Å². The standard InChI is InChI=1S/C8H22N2Si/c1-4-7-11-8(9-5-2)10-6-3/h8-10H,4-7,11H2,1-3H3. The molecule has 2 nitrogen and oxygen atoms in total. The van der Waals surface area contributed by atoms with E-state index in [2.05, 4.69) is 31.4 Å². The van der Waals surface area contributed by atoms with E-state index < -0.39 is 0 Å². The fourth-order valence-electron chi connectivity index (χ4n) is 1.18. The summed E-state index contributed by atoms with van der Waals surface area (Å²) in [7, 11) is 0.0811. The smallest absolute Gasteiger partial charge is 0.0586 e. The number of hydrogen-bond donors (Lipinski definition) is 2. The topological polar surface area (TPSA) is 24.1 Å². The molecular formula is C8H22N2Si. The van der Waals surface area contributed by atoms with Crippen LogP contribution in [-0.4, -0.2) is 28.4 Å². The summed E-state index contributed by atoms with van der Waals surface area (Å²) in [5.74, 6) is 0.671. The Morgan fingerprint density at radius 3 is 2.00 bits per heavy atom. The van der Waals surface area contributed by atoms with E-state index in [0.29, 0.717) is 5.79 Å². The van der Waals surface area contributed by atoms with Gasteiger partial charge in [0.1, 0.15) is 0 Å². The van der Waals surface area contributed by atoms with Gasteiger partial charge in [-0.3, -0.25) is 0 Å². The maximum atomic E-state index is 3.47. The highest BCUT2D eigenvalue weighted by molar-refractivity contribution is 6.37. The third-order valence-corrected chi connectivity index (χ3v) is 4.02. The van der Waals surface area contributed by atoms with Gasteiger partial charge in [-0.1, -0.05) is 33.2 Å². The van der Waals surface area contributed by atoms with Crippen molar-refractivity contribution in [2.24, 2.45) is 0 Å². The van der Waals surface area contributed by atoms with Crippen molar-refractivity contribution in [1.82, 2.24) is 10.6 Å². The first-order valence-electron chi connectivity index (χ1n) is 4.81. The predicted octanol–water partition coefficient (Wildman–Crippen LogP) is 0.486. The molecule has 68 valence electrons. The second kappa shape index (κ2) is 8.24. The second-order valence-corrected chi connectivity index (χ2v) is 4.91. The normalized spacial score (nSPS) is 12.0. The molecule has 0 fully saturated rings. The molecular weight excluding hydrogens is 152 g/mol. The van der Waals surface area contributed by atoms with Gasteiger partial charge in [0.15, 0.2) is 0 Å². The van der Waals surface area contributed by atoms with E-state index in [4.69, 9.17) is 0 Å². The van der Waals surface area contributed by atoms with E-state index in [-0.39, 0.29) is 9.52 Å². The summed E-state index contributed by atoms with van der Waals surface area (Å²) < 4.78 is 0. The Morgan fingerprint density at radius 1 is 1.09 bits per heavy atom. The Morgan fingerprint density at radius 2 is 1.64 bits per heavy atom. The van der Waals surface area contributed by atoms with Crippen molar-refractivity contribution in [2.75, 3.05) is 13.1 Å². The van der Waals surface area contributed by atoms with Crippen LogP contribution in [0.5, 0.6) is 0 Å². The van der Waals surface area contributed by atoms with Gasteiger partial charge < -0.3 is 10.6 Å². The maximum Gasteiger partial charge on any atom is 0.0586 e. The van der Waals surface area contributed by atoms with Crippen LogP contribution in [0.4, 0.5) is 0 Å². The van der Waals surface area contributed by atoms with E-state index in [1.54, 1.807) is 0 Å². The lowest BCUT2D eigenvalue weighted by molar-refractivity contribution is 0.556. The number of nitrogens with one attached hydrogen (secondary N) is 2. The van der Waals surface area contributed by atoms with Gasteiger partial charge in [-0.25, -0.2) is 0 Å². The van der Waals surface area contributed by atoms with Crippen LogP contribution in [0.1, 0.15) is 27.2 Å². The molecule has 3 heteroatoms. The zero-order valence-corrected chi connectivity index (χ0v) is 9.53. The van der Waals surface area contributed by atoms with Crippen molar-refractivity contribution >= 4 is 9.52 Å². The Labute approximate surface area is 73.0 Å². The Hall–Kier alpha value is 0.137. The molecule has 0 amide bonds. The summed E-state index contributed by atoms with van der Waals surface area (Å²) in [5, 5.41) is 6.94. The van der Waals surface area contributed by atoms with Gasteiger partial charge in [0.2, 0.25) is 0 Å². The zero-order valence-electron chi connectivity index (χ0n) is 8.11. The maximum absolute atomic E-state index is 3.47. The molecule has 0 bridgehead atoms. The van der Waals surface area contributed by atoms with Crippen LogP contribution in [0.25, 0.3) is 0 Å². The van der Waals surface area contributed by atoms with Crippen molar-refractivity contribution in [1.29, 1.82) is 0 Å². The molecule has 0 atom stereocenters. The van der Waals surface area contributed by atoms with Crippen LogP contribution >= 0.6 is 0 Å². The van der Waals surface area contributed by atoms with E-state index in [9.17, 15) is 0 Å². The van der Waals surface area contributed by atoms with Crippen molar-refractivity contribution in [3.63, 3.8) is 0 Å². The molecule has 0 unspecified atom stereocenters. The summed E-state index contributed by atoms with van der Waals surface area (Å²) in [6, 6.07) is 1.45. The first kappa shape index (κ1) is 11.1. The molecule has 0 spiro atoms. The van der Waals surface area contributed by atoms with Crippen LogP contribution in [0.2, 0.25) is 6.04 Å². The minimum Gasteiger partial charge on any atom is -0.306 e. The van der Waals surface area contributed by atoms with Crippen molar-refractivity contribution in [3.05, 3.63) is 0 Å². The summed E-state index contributed by atoms with van der Waals surface area (Å²) in [6.45, 7) is 8.79. The lowest BCUT2D eigenvalue weighted by Crippen LogP contribution is -2.46. The second-order valence-electron chi connectivity index (χ2n) is 2.81. The predicted molar refractivity (Wildman–Crippen MR) is 54.8 cm³/mol. The molecule has 0 rings (SSSR count). The average Bonchev–Trinajstić information content (AvgIpc) is 2.01. The van der Waals surface area contributed by atoms with Gasteiger partial charge in [0, 0.05) is 5.79 Å². The number of hydrogen-bond acceptors (Lipinski definition) is 2. The van der Waals surface area contributed by atoms with E-state index in [0.717, 1.165) is 13.1 Å². The Kier molecular flexibility index (Phi) is 8.34. The molecule has 0 aliphatic heterocycles. The molecule has 0 saturated carbocycles. The first-order valence-corrected chi connectivity index (χ1v) is 6.63. The van der Waals surface area contributed by atoms with Crippen LogP contribution in [0.15, 0.2) is 0 Å². The highest BCUT2D eigenvalue weighted by atomic mass is 28.2. The number of rotatable bonds is 7. The van der Waals surface area contributed by atoms with E-state index in [1.807, 2.05) is 0 Å². The third-order valence-electron chi connectivity index (χ3n) is 1.75.